The molecule has 1 aromatic carbocycles. The zero-order valence-electron chi connectivity index (χ0n) is 13.5. The van der Waals surface area contributed by atoms with Crippen LogP contribution in [0.1, 0.15) is 32.1 Å². The first-order chi connectivity index (χ1) is 11.7. The van der Waals surface area contributed by atoms with Crippen molar-refractivity contribution in [3.63, 3.8) is 0 Å². The second-order valence-electron chi connectivity index (χ2n) is 5.90. The van der Waals surface area contributed by atoms with Gasteiger partial charge in [0, 0.05) is 23.4 Å². The van der Waals surface area contributed by atoms with E-state index in [1.165, 1.54) is 19.3 Å². The molecule has 0 amide bonds. The number of thioether (sulfide) groups is 1. The van der Waals surface area contributed by atoms with Crippen LogP contribution < -0.4 is 4.74 Å². The van der Waals surface area contributed by atoms with E-state index in [1.807, 2.05) is 48.3 Å². The first kappa shape index (κ1) is 16.8. The molecule has 2 aromatic rings. The van der Waals surface area contributed by atoms with Crippen LogP contribution in [0.4, 0.5) is 0 Å². The van der Waals surface area contributed by atoms with Gasteiger partial charge < -0.3 is 9.84 Å². The van der Waals surface area contributed by atoms with Crippen molar-refractivity contribution < 1.29 is 14.6 Å². The molecular formula is C19H21NO3S. The molecule has 0 radical (unpaired) electrons. The van der Waals surface area contributed by atoms with Crippen LogP contribution in [0.2, 0.25) is 0 Å². The van der Waals surface area contributed by atoms with Crippen LogP contribution in [0.3, 0.4) is 0 Å². The van der Waals surface area contributed by atoms with Crippen LogP contribution in [-0.4, -0.2) is 27.9 Å². The summed E-state index contributed by atoms with van der Waals surface area (Å²) in [7, 11) is 0. The van der Waals surface area contributed by atoms with Crippen molar-refractivity contribution >= 4 is 17.7 Å². The Hall–Kier alpha value is -2.01. The first-order valence-electron chi connectivity index (χ1n) is 8.29. The van der Waals surface area contributed by atoms with Gasteiger partial charge in [-0.1, -0.05) is 24.6 Å². The number of hydrogen-bond acceptors (Lipinski definition) is 4. The van der Waals surface area contributed by atoms with E-state index in [9.17, 15) is 4.79 Å². The van der Waals surface area contributed by atoms with E-state index >= 15 is 0 Å². The summed E-state index contributed by atoms with van der Waals surface area (Å²) in [6, 6.07) is 12.0. The van der Waals surface area contributed by atoms with Crippen molar-refractivity contribution in [3.05, 3.63) is 42.6 Å². The number of rotatable bonds is 8. The average molecular weight is 343 g/mol. The number of pyridine rings is 1. The predicted molar refractivity (Wildman–Crippen MR) is 95.5 cm³/mol. The second kappa shape index (κ2) is 8.20. The van der Waals surface area contributed by atoms with Crippen molar-refractivity contribution in [1.29, 1.82) is 0 Å². The first-order valence-corrected chi connectivity index (χ1v) is 9.17. The highest BCUT2D eigenvalue weighted by atomic mass is 32.2. The Balaban J connectivity index is 1.63. The summed E-state index contributed by atoms with van der Waals surface area (Å²) < 4.78 is 5.58. The number of carboxylic acids is 1. The maximum atomic E-state index is 10.5. The molecule has 0 aliphatic heterocycles. The minimum absolute atomic E-state index is 0.134. The third kappa shape index (κ3) is 4.51. The topological polar surface area (TPSA) is 59.4 Å². The lowest BCUT2D eigenvalue weighted by Crippen LogP contribution is -2.13. The number of hydrogen-bond donors (Lipinski definition) is 1. The third-order valence-electron chi connectivity index (χ3n) is 4.07. The number of ether oxygens (including phenoxy) is 1. The summed E-state index contributed by atoms with van der Waals surface area (Å²) in [4.78, 5) is 15.0. The van der Waals surface area contributed by atoms with Crippen molar-refractivity contribution in [2.75, 3.05) is 6.61 Å². The quantitative estimate of drug-likeness (QED) is 0.708. The summed E-state index contributed by atoms with van der Waals surface area (Å²) in [5, 5.41) is 10.4. The molecule has 4 nitrogen and oxygen atoms in total. The van der Waals surface area contributed by atoms with Crippen LogP contribution in [0.15, 0.2) is 47.6 Å². The second-order valence-corrected chi connectivity index (χ2v) is 7.19. The van der Waals surface area contributed by atoms with Crippen molar-refractivity contribution in [3.8, 4) is 16.9 Å². The fourth-order valence-electron chi connectivity index (χ4n) is 2.50. The van der Waals surface area contributed by atoms with Crippen LogP contribution in [-0.2, 0) is 4.79 Å². The molecule has 1 N–H and O–H groups in total. The van der Waals surface area contributed by atoms with Crippen LogP contribution in [0.25, 0.3) is 11.1 Å². The molecule has 1 saturated carbocycles. The lowest BCUT2D eigenvalue weighted by molar-refractivity contribution is -0.137. The molecule has 0 atom stereocenters. The van der Waals surface area contributed by atoms with Crippen LogP contribution in [0, 0.1) is 0 Å². The number of carboxylic acid groups (broad SMARTS) is 1. The fourth-order valence-corrected chi connectivity index (χ4v) is 3.81. The highest BCUT2D eigenvalue weighted by Gasteiger charge is 2.20. The molecule has 0 bridgehead atoms. The molecule has 24 heavy (non-hydrogen) atoms. The maximum Gasteiger partial charge on any atom is 0.303 e. The van der Waals surface area contributed by atoms with E-state index in [2.05, 4.69) is 11.1 Å². The summed E-state index contributed by atoms with van der Waals surface area (Å²) in [5.74, 6) is -0.0248. The predicted octanol–water partition coefficient (Wildman–Crippen LogP) is 4.64. The van der Waals surface area contributed by atoms with Gasteiger partial charge >= 0.3 is 5.97 Å². The Labute approximate surface area is 146 Å². The molecule has 1 fully saturated rings. The summed E-state index contributed by atoms with van der Waals surface area (Å²) in [6.07, 6.45) is 6.39. The minimum Gasteiger partial charge on any atom is -0.494 e. The van der Waals surface area contributed by atoms with Gasteiger partial charge in [0.05, 0.1) is 6.61 Å². The highest BCUT2D eigenvalue weighted by molar-refractivity contribution is 8.00. The Morgan fingerprint density at radius 2 is 2.04 bits per heavy atom. The van der Waals surface area contributed by atoms with Gasteiger partial charge in [0.1, 0.15) is 10.8 Å². The molecule has 3 rings (SSSR count). The normalized spacial score (nSPS) is 14.2. The average Bonchev–Trinajstić information content (AvgIpc) is 2.56. The smallest absolute Gasteiger partial charge is 0.303 e. The zero-order valence-corrected chi connectivity index (χ0v) is 14.3. The number of aliphatic carboxylic acids is 1. The van der Waals surface area contributed by atoms with Gasteiger partial charge in [0.15, 0.2) is 0 Å². The van der Waals surface area contributed by atoms with E-state index < -0.39 is 5.97 Å². The van der Waals surface area contributed by atoms with E-state index in [0.717, 1.165) is 21.9 Å². The molecule has 1 aromatic heterocycles. The summed E-state index contributed by atoms with van der Waals surface area (Å²) >= 11 is 1.88. The molecular weight excluding hydrogens is 322 g/mol. The molecule has 1 heterocycles. The lowest BCUT2D eigenvalue weighted by Gasteiger charge is -2.24. The Morgan fingerprint density at radius 1 is 1.25 bits per heavy atom. The van der Waals surface area contributed by atoms with Gasteiger partial charge in [-0.05, 0) is 43.0 Å². The van der Waals surface area contributed by atoms with E-state index in [-0.39, 0.29) is 6.42 Å². The Morgan fingerprint density at radius 3 is 2.71 bits per heavy atom. The van der Waals surface area contributed by atoms with Crippen LogP contribution in [0.5, 0.6) is 5.75 Å². The van der Waals surface area contributed by atoms with Gasteiger partial charge in [-0.25, -0.2) is 4.98 Å². The van der Waals surface area contributed by atoms with E-state index in [0.29, 0.717) is 18.3 Å². The van der Waals surface area contributed by atoms with Gasteiger partial charge in [0.25, 0.3) is 0 Å². The molecule has 126 valence electrons. The molecule has 1 aliphatic rings. The minimum atomic E-state index is -0.790. The fraction of sp³-hybridized carbons (Fsp3) is 0.368. The summed E-state index contributed by atoms with van der Waals surface area (Å²) in [5.41, 5.74) is 2.29. The van der Waals surface area contributed by atoms with Gasteiger partial charge in [-0.3, -0.25) is 4.79 Å². The number of aromatic nitrogens is 1. The molecule has 0 saturated heterocycles. The van der Waals surface area contributed by atoms with Crippen LogP contribution >= 0.6 is 11.8 Å². The van der Waals surface area contributed by atoms with Crippen molar-refractivity contribution in [2.24, 2.45) is 0 Å². The van der Waals surface area contributed by atoms with Gasteiger partial charge in [-0.2, -0.15) is 0 Å². The molecule has 0 unspecified atom stereocenters. The molecule has 1 aliphatic carbocycles. The third-order valence-corrected chi connectivity index (χ3v) is 5.42. The number of benzene rings is 1. The Bertz CT molecular complexity index is 683. The van der Waals surface area contributed by atoms with Crippen molar-refractivity contribution in [1.82, 2.24) is 4.98 Å². The Kier molecular flexibility index (Phi) is 5.75. The lowest BCUT2D eigenvalue weighted by atomic mass is 10.00. The summed E-state index contributed by atoms with van der Waals surface area (Å²) in [6.45, 7) is 0.418. The van der Waals surface area contributed by atoms with E-state index in [1.54, 1.807) is 0 Å². The maximum absolute atomic E-state index is 10.5. The molecule has 5 heteroatoms. The standard InChI is InChI=1S/C19H21NO3S/c21-18(22)7-3-13-23-15-10-8-14(9-11-15)17-6-2-12-20-19(17)24-16-4-1-5-16/h2,6,8-12,16H,1,3-5,7,13H2,(H,21,22). The van der Waals surface area contributed by atoms with Gasteiger partial charge in [0.2, 0.25) is 0 Å². The molecule has 0 spiro atoms. The highest BCUT2D eigenvalue weighted by Crippen LogP contribution is 2.39. The zero-order chi connectivity index (χ0) is 16.8. The SMILES string of the molecule is O=C(O)CCCOc1ccc(-c2cccnc2SC2CCC2)cc1. The number of carbonyl (C=O) groups is 1. The largest absolute Gasteiger partial charge is 0.494 e. The van der Waals surface area contributed by atoms with Crippen molar-refractivity contribution in [2.45, 2.75) is 42.4 Å². The monoisotopic (exact) mass is 343 g/mol. The van der Waals surface area contributed by atoms with E-state index in [4.69, 9.17) is 9.84 Å². The van der Waals surface area contributed by atoms with Gasteiger partial charge in [-0.15, -0.1) is 11.8 Å². The number of nitrogens with zero attached hydrogens (tertiary/aromatic N) is 1.